The van der Waals surface area contributed by atoms with Crippen LogP contribution >= 0.6 is 0 Å². The third kappa shape index (κ3) is 5.40. The summed E-state index contributed by atoms with van der Waals surface area (Å²) in [7, 11) is 0. The molecule has 0 fully saturated rings. The van der Waals surface area contributed by atoms with Crippen molar-refractivity contribution in [2.24, 2.45) is 0 Å². The number of aromatic nitrogens is 3. The van der Waals surface area contributed by atoms with Crippen LogP contribution < -0.4 is 27.9 Å². The van der Waals surface area contributed by atoms with Crippen LogP contribution in [0.3, 0.4) is 0 Å². The molecule has 0 saturated heterocycles. The Balaban J connectivity index is 0.0000000959. The number of hydrogen-bond donors (Lipinski definition) is 0. The highest BCUT2D eigenvalue weighted by Gasteiger charge is 2.49. The number of fused-ring (bicyclic) bond motifs is 9. The van der Waals surface area contributed by atoms with Crippen LogP contribution in [0.4, 0.5) is 0 Å². The van der Waals surface area contributed by atoms with Gasteiger partial charge in [-0.3, -0.25) is 0 Å². The highest BCUT2D eigenvalue weighted by molar-refractivity contribution is 6.05. The molecule has 0 radical (unpaired) electrons. The van der Waals surface area contributed by atoms with E-state index in [1.165, 1.54) is 121 Å². The van der Waals surface area contributed by atoms with E-state index in [0.717, 1.165) is 17.2 Å². The Morgan fingerprint density at radius 3 is 1.46 bits per heavy atom. The van der Waals surface area contributed by atoms with Gasteiger partial charge in [-0.25, -0.2) is 0 Å². The van der Waals surface area contributed by atoms with E-state index in [4.69, 9.17) is 14.2 Å². The molecular formula is C65H52N3O3+3. The summed E-state index contributed by atoms with van der Waals surface area (Å²) in [5, 5.41) is 11.7. The topological polar surface area (TPSA) is 39.3 Å². The second-order valence-corrected chi connectivity index (χ2v) is 21.8. The van der Waals surface area contributed by atoms with E-state index in [1.807, 2.05) is 0 Å². The van der Waals surface area contributed by atoms with Crippen molar-refractivity contribution in [3.63, 3.8) is 0 Å². The molecule has 0 bridgehead atoms. The first-order valence-electron chi connectivity index (χ1n) is 25.0. The number of nitrogens with zero attached hydrogens (tertiary/aromatic N) is 3. The normalized spacial score (nSPS) is 16.3. The monoisotopic (exact) mass is 922 g/mol. The summed E-state index contributed by atoms with van der Waals surface area (Å²) in [5.74, 6) is 3.06. The van der Waals surface area contributed by atoms with E-state index >= 15 is 0 Å². The van der Waals surface area contributed by atoms with Crippen molar-refractivity contribution in [2.75, 3.05) is 0 Å². The van der Waals surface area contributed by atoms with Gasteiger partial charge in [0.25, 0.3) is 20.2 Å². The second kappa shape index (κ2) is 14.0. The minimum atomic E-state index is -0.0297. The van der Waals surface area contributed by atoms with Crippen molar-refractivity contribution in [2.45, 2.75) is 78.0 Å². The number of hydrogen-bond acceptors (Lipinski definition) is 3. The Bertz CT molecular complexity index is 4220. The van der Waals surface area contributed by atoms with Crippen LogP contribution in [0.2, 0.25) is 0 Å². The van der Waals surface area contributed by atoms with E-state index in [9.17, 15) is 0 Å². The molecule has 0 spiro atoms. The fraction of sp³-hybridized carbons (Fsp3) is 0.185. The van der Waals surface area contributed by atoms with E-state index in [0.29, 0.717) is 20.2 Å². The molecule has 0 unspecified atom stereocenters. The number of ether oxygens (including phenoxy) is 3. The van der Waals surface area contributed by atoms with Crippen LogP contribution in [0.1, 0.15) is 74.9 Å². The first-order valence-corrected chi connectivity index (χ1v) is 25.0. The third-order valence-electron chi connectivity index (χ3n) is 16.9. The molecule has 0 atom stereocenters. The van der Waals surface area contributed by atoms with Gasteiger partial charge >= 0.3 is 0 Å². The van der Waals surface area contributed by atoms with E-state index in [2.05, 4.69) is 225 Å². The maximum Gasteiger partial charge on any atom is 0.293 e. The van der Waals surface area contributed by atoms with Gasteiger partial charge in [-0.2, -0.15) is 13.7 Å². The van der Waals surface area contributed by atoms with Gasteiger partial charge in [0.05, 0.1) is 22.1 Å². The molecular weight excluding hydrogens is 871 g/mol. The van der Waals surface area contributed by atoms with Gasteiger partial charge in [-0.15, -0.1) is 0 Å². The molecule has 17 rings (SSSR count). The van der Waals surface area contributed by atoms with Gasteiger partial charge in [0.15, 0.2) is 12.4 Å². The Kier molecular flexibility index (Phi) is 8.06. The van der Waals surface area contributed by atoms with E-state index in [1.54, 1.807) is 0 Å². The van der Waals surface area contributed by atoms with Crippen molar-refractivity contribution in [1.29, 1.82) is 0 Å². The number of pyridine rings is 3. The lowest BCUT2D eigenvalue weighted by Crippen LogP contribution is -2.43. The Morgan fingerprint density at radius 1 is 0.352 bits per heavy atom. The molecule has 3 aliphatic heterocycles. The number of benzene rings is 8. The van der Waals surface area contributed by atoms with Crippen molar-refractivity contribution in [3.05, 3.63) is 203 Å². The van der Waals surface area contributed by atoms with Crippen LogP contribution in [0.25, 0.3) is 87.8 Å². The summed E-state index contributed by atoms with van der Waals surface area (Å²) in [4.78, 5) is 0. The standard InChI is InChI=1S/2C23H18NO.C19H16NO/c1-23(2)18-8-5-9-19-20(18)22-21(23)17-11-15-7-4-3-6-14(15)10-16(17)12-24(22)13-25-19;1-23(2)17-8-5-9-19-20(17)22-18(23)12-15-11-10-14-6-3-4-7-16(14)21(15)24(22)13-25-19;1-19(2)14-8-5-9-15-16(14)18-17(19)13-7-4-3-6-12(13)10-20(18)11-21-15/h2*3-12H,13H2,1-2H3;3-10H,11H2,1-2H3/q3*+1. The van der Waals surface area contributed by atoms with Gasteiger partial charge in [0.1, 0.15) is 17.2 Å². The van der Waals surface area contributed by atoms with Crippen LogP contribution in [0, 0.1) is 0 Å². The summed E-state index contributed by atoms with van der Waals surface area (Å²) in [5.41, 5.74) is 17.5. The zero-order valence-electron chi connectivity index (χ0n) is 40.9. The Hall–Kier alpha value is -8.09. The maximum atomic E-state index is 6.18. The summed E-state index contributed by atoms with van der Waals surface area (Å²) in [6.07, 6.45) is 4.47. The van der Waals surface area contributed by atoms with E-state index in [-0.39, 0.29) is 16.2 Å². The van der Waals surface area contributed by atoms with Gasteiger partial charge in [-0.05, 0) is 98.2 Å². The predicted molar refractivity (Wildman–Crippen MR) is 282 cm³/mol. The smallest absolute Gasteiger partial charge is 0.293 e. The minimum Gasteiger partial charge on any atom is -0.435 e. The SMILES string of the molecule is CC1(C)c2cccc3c2-c2c1c1cc4ccccc4cc1c[n+]2CO3.CC1(C)c2cccc3c2-c2c1c1ccccc1c[n+]2CO3.CC1(C)c2cccc3c2-c2c1cc1ccc4ccccc4c1[n+]2CO3. The second-order valence-electron chi connectivity index (χ2n) is 21.8. The molecule has 0 amide bonds. The molecule has 11 aromatic rings. The lowest BCUT2D eigenvalue weighted by molar-refractivity contribution is -0.716. The highest BCUT2D eigenvalue weighted by atomic mass is 16.5. The van der Waals surface area contributed by atoms with Crippen molar-refractivity contribution in [1.82, 2.24) is 0 Å². The minimum absolute atomic E-state index is 0.00401. The molecule has 6 nitrogen and oxygen atoms in total. The molecule has 6 heteroatoms. The zero-order chi connectivity index (χ0) is 47.7. The lowest BCUT2D eigenvalue weighted by atomic mass is 9.80. The molecule has 3 aromatic heterocycles. The fourth-order valence-corrected chi connectivity index (χ4v) is 13.6. The van der Waals surface area contributed by atoms with Gasteiger partial charge in [-0.1, -0.05) is 145 Å². The van der Waals surface area contributed by atoms with Crippen molar-refractivity contribution in [3.8, 4) is 51.0 Å². The average Bonchev–Trinajstić information content (AvgIpc) is 3.90. The highest BCUT2D eigenvalue weighted by Crippen LogP contribution is 2.56. The summed E-state index contributed by atoms with van der Waals surface area (Å²) in [6, 6.07) is 56.8. The van der Waals surface area contributed by atoms with Gasteiger partial charge < -0.3 is 14.2 Å². The summed E-state index contributed by atoms with van der Waals surface area (Å²) < 4.78 is 25.1. The fourth-order valence-electron chi connectivity index (χ4n) is 13.6. The first kappa shape index (κ1) is 40.8. The molecule has 0 saturated carbocycles. The van der Waals surface area contributed by atoms with Crippen LogP contribution in [0.15, 0.2) is 170 Å². The van der Waals surface area contributed by atoms with Crippen molar-refractivity contribution < 1.29 is 27.9 Å². The van der Waals surface area contributed by atoms with Crippen LogP contribution in [-0.4, -0.2) is 0 Å². The predicted octanol–water partition coefficient (Wildman–Crippen LogP) is 13.7. The Morgan fingerprint density at radius 2 is 0.831 bits per heavy atom. The zero-order valence-corrected chi connectivity index (χ0v) is 40.9. The van der Waals surface area contributed by atoms with Gasteiger partial charge in [0, 0.05) is 49.1 Å². The maximum absolute atomic E-state index is 6.18. The Labute approximate surface area is 412 Å². The number of rotatable bonds is 0. The molecule has 342 valence electrons. The van der Waals surface area contributed by atoms with Crippen molar-refractivity contribution >= 4 is 54.0 Å². The van der Waals surface area contributed by atoms with Crippen LogP contribution in [-0.2, 0) is 36.4 Å². The molecule has 3 aliphatic carbocycles. The molecule has 0 N–H and O–H groups in total. The van der Waals surface area contributed by atoms with E-state index < -0.39 is 0 Å². The molecule has 6 heterocycles. The first-order chi connectivity index (χ1) is 34.5. The average molecular weight is 923 g/mol. The summed E-state index contributed by atoms with van der Waals surface area (Å²) >= 11 is 0. The molecule has 6 aliphatic rings. The molecule has 8 aromatic carbocycles. The lowest BCUT2D eigenvalue weighted by Gasteiger charge is -2.21. The molecule has 71 heavy (non-hydrogen) atoms. The quantitative estimate of drug-likeness (QED) is 0.0864. The summed E-state index contributed by atoms with van der Waals surface area (Å²) in [6.45, 7) is 15.7. The third-order valence-corrected chi connectivity index (χ3v) is 16.9. The largest absolute Gasteiger partial charge is 0.435 e. The van der Waals surface area contributed by atoms with Gasteiger partial charge in [0.2, 0.25) is 22.6 Å². The van der Waals surface area contributed by atoms with Crippen LogP contribution in [0.5, 0.6) is 17.2 Å².